The smallest absolute Gasteiger partial charge is 0.446 e. The van der Waals surface area contributed by atoms with Crippen LogP contribution in [0, 0.1) is 0 Å². The number of thioether (sulfide) groups is 1. The summed E-state index contributed by atoms with van der Waals surface area (Å²) in [6.07, 6.45) is 0. The first-order valence-electron chi connectivity index (χ1n) is 7.91. The number of hydrogen-bond donors (Lipinski definition) is 1. The Kier molecular flexibility index (Phi) is 7.15. The van der Waals surface area contributed by atoms with Gasteiger partial charge in [0.05, 0.1) is 12.3 Å². The Morgan fingerprint density at radius 3 is 2.15 bits per heavy atom. The summed E-state index contributed by atoms with van der Waals surface area (Å²) in [5.74, 6) is -1.01. The van der Waals surface area contributed by atoms with E-state index < -0.39 is 28.1 Å². The van der Waals surface area contributed by atoms with Crippen molar-refractivity contribution in [3.63, 3.8) is 0 Å². The summed E-state index contributed by atoms with van der Waals surface area (Å²) in [5.41, 5.74) is -3.17. The molecule has 0 aliphatic heterocycles. The number of rotatable bonds is 7. The highest BCUT2D eigenvalue weighted by molar-refractivity contribution is 8.05. The lowest BCUT2D eigenvalue weighted by Gasteiger charge is -2.17. The van der Waals surface area contributed by atoms with Gasteiger partial charge >= 0.3 is 11.5 Å². The lowest BCUT2D eigenvalue weighted by Crippen LogP contribution is -2.20. The van der Waals surface area contributed by atoms with Crippen molar-refractivity contribution in [2.45, 2.75) is 19.0 Å². The number of alkyl halides is 3. The van der Waals surface area contributed by atoms with Gasteiger partial charge in [0.2, 0.25) is 0 Å². The van der Waals surface area contributed by atoms with Crippen LogP contribution in [0.15, 0.2) is 65.6 Å². The molecule has 0 saturated carbocycles. The van der Waals surface area contributed by atoms with E-state index in [1.54, 1.807) is 37.3 Å². The van der Waals surface area contributed by atoms with Crippen molar-refractivity contribution in [2.24, 2.45) is 0 Å². The minimum absolute atomic E-state index is 0.0124. The molecule has 0 fully saturated rings. The van der Waals surface area contributed by atoms with E-state index in [1.165, 1.54) is 0 Å². The van der Waals surface area contributed by atoms with Gasteiger partial charge in [-0.25, -0.2) is 4.79 Å². The lowest BCUT2D eigenvalue weighted by atomic mass is 10.1. The van der Waals surface area contributed by atoms with Gasteiger partial charge in [-0.1, -0.05) is 60.7 Å². The number of esters is 1. The quantitative estimate of drug-likeness (QED) is 0.543. The summed E-state index contributed by atoms with van der Waals surface area (Å²) in [7, 11) is 0. The highest BCUT2D eigenvalue weighted by Gasteiger charge is 2.35. The number of carbonyl (C=O) groups is 1. The van der Waals surface area contributed by atoms with Crippen molar-refractivity contribution in [2.75, 3.05) is 6.61 Å². The minimum Gasteiger partial charge on any atom is -0.462 e. The summed E-state index contributed by atoms with van der Waals surface area (Å²) in [4.78, 5) is 11.7. The monoisotopic (exact) mass is 381 g/mol. The maximum absolute atomic E-state index is 13.0. The van der Waals surface area contributed by atoms with E-state index >= 15 is 0 Å². The van der Waals surface area contributed by atoms with Crippen LogP contribution in [0.5, 0.6) is 0 Å². The summed E-state index contributed by atoms with van der Waals surface area (Å²) < 4.78 is 44.0. The zero-order chi connectivity index (χ0) is 19.0. The predicted molar refractivity (Wildman–Crippen MR) is 96.9 cm³/mol. The number of benzene rings is 2. The molecule has 2 rings (SSSR count). The third kappa shape index (κ3) is 6.15. The fourth-order valence-corrected chi connectivity index (χ4v) is 2.88. The molecule has 0 bridgehead atoms. The predicted octanol–water partition coefficient (Wildman–Crippen LogP) is 4.96. The molecule has 1 N–H and O–H groups in total. The number of ether oxygens (including phenoxy) is 1. The van der Waals surface area contributed by atoms with Crippen molar-refractivity contribution in [3.8, 4) is 0 Å². The molecule has 0 radical (unpaired) electrons. The standard InChI is InChI=1S/C19H18F3NO2S/c1-2-25-18(24)17(26-19(20,21)22)16(15-11-7-4-8-12-15)23-13-14-9-5-3-6-10-14/h3-12,23H,2,13H2,1H3/b17-16+. The van der Waals surface area contributed by atoms with E-state index in [0.717, 1.165) is 5.56 Å². The van der Waals surface area contributed by atoms with Crippen LogP contribution in [0.3, 0.4) is 0 Å². The fraction of sp³-hybridized carbons (Fsp3) is 0.211. The van der Waals surface area contributed by atoms with Gasteiger partial charge in [-0.05, 0) is 29.8 Å². The van der Waals surface area contributed by atoms with E-state index in [4.69, 9.17) is 4.74 Å². The molecule has 138 valence electrons. The van der Waals surface area contributed by atoms with Gasteiger partial charge in [-0.3, -0.25) is 0 Å². The second-order valence-electron chi connectivity index (χ2n) is 5.18. The van der Waals surface area contributed by atoms with Crippen molar-refractivity contribution >= 4 is 23.4 Å². The molecule has 0 aliphatic carbocycles. The van der Waals surface area contributed by atoms with Crippen LogP contribution in [0.2, 0.25) is 0 Å². The third-order valence-electron chi connectivity index (χ3n) is 3.28. The fourth-order valence-electron chi connectivity index (χ4n) is 2.21. The molecular formula is C19H18F3NO2S. The van der Waals surface area contributed by atoms with Crippen LogP contribution in [0.25, 0.3) is 5.70 Å². The molecule has 0 aliphatic rings. The van der Waals surface area contributed by atoms with Gasteiger partial charge in [0, 0.05) is 6.54 Å². The molecule has 0 amide bonds. The highest BCUT2D eigenvalue weighted by atomic mass is 32.2. The molecule has 0 aromatic heterocycles. The molecule has 0 unspecified atom stereocenters. The Labute approximate surface area is 154 Å². The Balaban J connectivity index is 2.45. The molecule has 0 saturated heterocycles. The van der Waals surface area contributed by atoms with Gasteiger partial charge in [0.15, 0.2) is 0 Å². The first kappa shape index (κ1) is 19.9. The van der Waals surface area contributed by atoms with E-state index in [-0.39, 0.29) is 18.8 Å². The zero-order valence-corrected chi connectivity index (χ0v) is 14.9. The summed E-state index contributed by atoms with van der Waals surface area (Å²) in [5, 5.41) is 2.97. The second-order valence-corrected chi connectivity index (χ2v) is 6.25. The number of nitrogens with one attached hydrogen (secondary N) is 1. The average molecular weight is 381 g/mol. The topological polar surface area (TPSA) is 38.3 Å². The highest BCUT2D eigenvalue weighted by Crippen LogP contribution is 2.39. The van der Waals surface area contributed by atoms with Crippen molar-refractivity contribution in [1.82, 2.24) is 5.32 Å². The Bertz CT molecular complexity index is 746. The summed E-state index contributed by atoms with van der Waals surface area (Å²) >= 11 is -0.469. The molecule has 0 atom stereocenters. The van der Waals surface area contributed by atoms with Gasteiger partial charge in [0.1, 0.15) is 4.91 Å². The van der Waals surface area contributed by atoms with Crippen molar-refractivity contribution in [1.29, 1.82) is 0 Å². The molecule has 26 heavy (non-hydrogen) atoms. The van der Waals surface area contributed by atoms with E-state index in [2.05, 4.69) is 5.32 Å². The van der Waals surface area contributed by atoms with Crippen LogP contribution >= 0.6 is 11.8 Å². The number of hydrogen-bond acceptors (Lipinski definition) is 4. The Morgan fingerprint density at radius 2 is 1.62 bits per heavy atom. The lowest BCUT2D eigenvalue weighted by molar-refractivity contribution is -0.137. The van der Waals surface area contributed by atoms with E-state index in [9.17, 15) is 18.0 Å². The van der Waals surface area contributed by atoms with Crippen LogP contribution in [0.4, 0.5) is 13.2 Å². The van der Waals surface area contributed by atoms with E-state index in [1.807, 2.05) is 30.3 Å². The summed E-state index contributed by atoms with van der Waals surface area (Å²) in [6, 6.07) is 17.6. The van der Waals surface area contributed by atoms with Crippen LogP contribution in [-0.4, -0.2) is 18.1 Å². The third-order valence-corrected chi connectivity index (χ3v) is 4.09. The van der Waals surface area contributed by atoms with Gasteiger partial charge in [-0.15, -0.1) is 0 Å². The van der Waals surface area contributed by atoms with Crippen LogP contribution in [-0.2, 0) is 16.1 Å². The normalized spacial score (nSPS) is 12.3. The summed E-state index contributed by atoms with van der Waals surface area (Å²) in [6.45, 7) is 1.81. The molecule has 7 heteroatoms. The van der Waals surface area contributed by atoms with Crippen LogP contribution in [0.1, 0.15) is 18.1 Å². The molecule has 2 aromatic rings. The molecule has 3 nitrogen and oxygen atoms in total. The maximum Gasteiger partial charge on any atom is 0.446 e. The molecular weight excluding hydrogens is 363 g/mol. The maximum atomic E-state index is 13.0. The largest absolute Gasteiger partial charge is 0.462 e. The average Bonchev–Trinajstić information content (AvgIpc) is 2.62. The zero-order valence-electron chi connectivity index (χ0n) is 14.0. The Morgan fingerprint density at radius 1 is 1.04 bits per heavy atom. The molecule has 0 heterocycles. The Hall–Kier alpha value is -2.41. The van der Waals surface area contributed by atoms with Crippen LogP contribution < -0.4 is 5.32 Å². The SMILES string of the molecule is CCOC(=O)/C(SC(F)(F)F)=C(\NCc1ccccc1)c1ccccc1. The molecule has 2 aromatic carbocycles. The second kappa shape index (κ2) is 9.33. The first-order valence-corrected chi connectivity index (χ1v) is 8.72. The first-order chi connectivity index (χ1) is 12.4. The minimum atomic E-state index is -4.61. The van der Waals surface area contributed by atoms with Crippen molar-refractivity contribution < 1.29 is 22.7 Å². The van der Waals surface area contributed by atoms with Crippen molar-refractivity contribution in [3.05, 3.63) is 76.7 Å². The van der Waals surface area contributed by atoms with Gasteiger partial charge in [0.25, 0.3) is 0 Å². The molecule has 0 spiro atoms. The van der Waals surface area contributed by atoms with Gasteiger partial charge in [-0.2, -0.15) is 13.2 Å². The van der Waals surface area contributed by atoms with E-state index in [0.29, 0.717) is 5.56 Å². The number of carbonyl (C=O) groups excluding carboxylic acids is 1. The number of halogens is 3. The van der Waals surface area contributed by atoms with Gasteiger partial charge < -0.3 is 10.1 Å².